The minimum Gasteiger partial charge on any atom is -0.285 e. The number of Topliss-reactive ketones (excluding diaryl/α,β-unsaturated/α-hetero) is 2. The Balaban J connectivity index is 0.000001000. The number of hydrogen-bond donors (Lipinski definition) is 0. The third-order valence-electron chi connectivity index (χ3n) is 1.51. The van der Waals surface area contributed by atoms with E-state index in [1.165, 1.54) is 0 Å². The van der Waals surface area contributed by atoms with E-state index >= 15 is 0 Å². The molecule has 0 atom stereocenters. The van der Waals surface area contributed by atoms with E-state index in [1.54, 1.807) is 26.0 Å². The predicted molar refractivity (Wildman–Crippen MR) is 37.5 cm³/mol. The monoisotopic (exact) mass is 176 g/mol. The smallest absolute Gasteiger partial charge is 0.228 e. The zero-order valence-corrected chi connectivity index (χ0v) is 7.03. The molecule has 0 saturated carbocycles. The average Bonchev–Trinajstić information content (AvgIpc) is 1.93. The molecule has 0 aromatic carbocycles. The van der Waals surface area contributed by atoms with Crippen LogP contribution < -0.4 is 0 Å². The van der Waals surface area contributed by atoms with Gasteiger partial charge in [-0.25, -0.2) is 0 Å². The van der Waals surface area contributed by atoms with E-state index in [1.807, 2.05) is 0 Å². The summed E-state index contributed by atoms with van der Waals surface area (Å²) in [6.07, 6.45) is 3.33. The second-order valence-corrected chi connectivity index (χ2v) is 2.36. The first-order chi connectivity index (χ1) is 4.63. The van der Waals surface area contributed by atoms with Gasteiger partial charge >= 0.3 is 0 Å². The summed E-state index contributed by atoms with van der Waals surface area (Å²) in [6.45, 7) is 3.28. The largest absolute Gasteiger partial charge is 0.285 e. The van der Waals surface area contributed by atoms with E-state index in [9.17, 15) is 9.59 Å². The summed E-state index contributed by atoms with van der Waals surface area (Å²) >= 11 is 0. The van der Waals surface area contributed by atoms with E-state index in [0.717, 1.165) is 0 Å². The van der Waals surface area contributed by atoms with Gasteiger partial charge in [0.1, 0.15) is 0 Å². The topological polar surface area (TPSA) is 34.1 Å². The van der Waals surface area contributed by atoms with Crippen LogP contribution in [-0.2, 0) is 9.59 Å². The molecule has 0 unspecified atom stereocenters. The normalized spacial score (nSPS) is 16.9. The van der Waals surface area contributed by atoms with Gasteiger partial charge in [-0.1, -0.05) is 12.2 Å². The molecule has 1 aliphatic carbocycles. The molecule has 0 spiro atoms. The van der Waals surface area contributed by atoms with Gasteiger partial charge in [0.2, 0.25) is 11.6 Å². The van der Waals surface area contributed by atoms with Crippen LogP contribution in [0.1, 0.15) is 13.8 Å². The fourth-order valence-electron chi connectivity index (χ4n) is 0.760. The molecule has 3 heteroatoms. The van der Waals surface area contributed by atoms with Crippen molar-refractivity contribution >= 4 is 11.6 Å². The Bertz CT molecular complexity index is 225. The maximum Gasteiger partial charge on any atom is 0.228 e. The molecule has 2 nitrogen and oxygen atoms in total. The Morgan fingerprint density at radius 2 is 1.18 bits per heavy atom. The fraction of sp³-hybridized carbons (Fsp3) is 0.250. The van der Waals surface area contributed by atoms with Gasteiger partial charge in [-0.05, 0) is 13.8 Å². The predicted octanol–water partition coefficient (Wildman–Crippen LogP) is 1.03. The summed E-state index contributed by atoms with van der Waals surface area (Å²) in [5.41, 5.74) is 1.05. The van der Waals surface area contributed by atoms with Gasteiger partial charge in [0.25, 0.3) is 0 Å². The van der Waals surface area contributed by atoms with Crippen molar-refractivity contribution in [3.63, 3.8) is 0 Å². The minimum atomic E-state index is -0.375. The number of rotatable bonds is 0. The van der Waals surface area contributed by atoms with Crippen LogP contribution in [0.3, 0.4) is 0 Å². The van der Waals surface area contributed by atoms with Gasteiger partial charge in [-0.15, -0.1) is 0 Å². The van der Waals surface area contributed by atoms with Crippen LogP contribution in [0.15, 0.2) is 23.3 Å². The Hall–Kier alpha value is 0.0797. The molecule has 0 radical (unpaired) electrons. The van der Waals surface area contributed by atoms with Crippen molar-refractivity contribution in [1.29, 1.82) is 0 Å². The molecular weight excluding hydrogens is 168 g/mol. The molecule has 60 valence electrons. The van der Waals surface area contributed by atoms with Gasteiger partial charge in [0, 0.05) is 48.9 Å². The summed E-state index contributed by atoms with van der Waals surface area (Å²) in [5, 5.41) is 0. The quantitative estimate of drug-likeness (QED) is 0.408. The van der Waals surface area contributed by atoms with E-state index < -0.39 is 0 Å². The molecular formula is C8H8ArO2. The number of carbonyl (C=O) groups excluding carboxylic acids is 2. The van der Waals surface area contributed by atoms with E-state index in [2.05, 4.69) is 0 Å². The van der Waals surface area contributed by atoms with Gasteiger partial charge in [0.15, 0.2) is 0 Å². The number of carbonyl (C=O) groups is 2. The van der Waals surface area contributed by atoms with Crippen LogP contribution in [-0.4, -0.2) is 11.6 Å². The molecule has 0 fully saturated rings. The first kappa shape index (κ1) is 11.1. The standard InChI is InChI=1S/C8H8O2.Ar/c1-5-3-4-6(2)8(10)7(5)9;/h3-4H,1-2H3;. The molecule has 0 bridgehead atoms. The Kier molecular flexibility index (Phi) is 4.22. The maximum atomic E-state index is 10.9. The Morgan fingerprint density at radius 3 is 1.45 bits per heavy atom. The zero-order chi connectivity index (χ0) is 7.72. The SMILES string of the molecule is CC1=CC=C(C)C(=O)C1=O.[Ar]. The van der Waals surface area contributed by atoms with Crippen molar-refractivity contribution in [3.05, 3.63) is 23.3 Å². The molecule has 0 N–H and O–H groups in total. The van der Waals surface area contributed by atoms with Crippen LogP contribution >= 0.6 is 0 Å². The van der Waals surface area contributed by atoms with Gasteiger partial charge in [-0.2, -0.15) is 0 Å². The minimum absolute atomic E-state index is 0. The van der Waals surface area contributed by atoms with Crippen molar-refractivity contribution in [2.75, 3.05) is 0 Å². The molecule has 1 aliphatic rings. The van der Waals surface area contributed by atoms with Crippen LogP contribution in [0.4, 0.5) is 0 Å². The first-order valence-corrected chi connectivity index (χ1v) is 3.07. The van der Waals surface area contributed by atoms with Crippen molar-refractivity contribution in [1.82, 2.24) is 0 Å². The maximum absolute atomic E-state index is 10.9. The first-order valence-electron chi connectivity index (χ1n) is 3.07. The molecule has 0 heterocycles. The van der Waals surface area contributed by atoms with E-state index in [-0.39, 0.29) is 49.3 Å². The molecule has 0 aliphatic heterocycles. The van der Waals surface area contributed by atoms with Crippen LogP contribution in [0.2, 0.25) is 0 Å². The van der Waals surface area contributed by atoms with Gasteiger partial charge in [0.05, 0.1) is 0 Å². The van der Waals surface area contributed by atoms with Crippen LogP contribution in [0.5, 0.6) is 0 Å². The summed E-state index contributed by atoms with van der Waals surface area (Å²) in [5.74, 6) is -0.750. The van der Waals surface area contributed by atoms with Crippen molar-refractivity contribution < 1.29 is 47.3 Å². The van der Waals surface area contributed by atoms with Crippen LogP contribution in [0, 0.1) is 37.7 Å². The average molecular weight is 176 g/mol. The molecule has 0 saturated heterocycles. The molecule has 11 heavy (non-hydrogen) atoms. The number of ketones is 2. The van der Waals surface area contributed by atoms with Crippen molar-refractivity contribution in [3.8, 4) is 0 Å². The molecule has 1 rings (SSSR count). The van der Waals surface area contributed by atoms with Gasteiger partial charge < -0.3 is 0 Å². The fourth-order valence-corrected chi connectivity index (χ4v) is 0.760. The third-order valence-corrected chi connectivity index (χ3v) is 1.51. The summed E-state index contributed by atoms with van der Waals surface area (Å²) in [4.78, 5) is 21.8. The number of hydrogen-bond acceptors (Lipinski definition) is 2. The zero-order valence-electron chi connectivity index (χ0n) is 6.32. The second-order valence-electron chi connectivity index (χ2n) is 2.36. The summed E-state index contributed by atoms with van der Waals surface area (Å²) in [6, 6.07) is 0. The van der Waals surface area contributed by atoms with E-state index in [4.69, 9.17) is 0 Å². The summed E-state index contributed by atoms with van der Waals surface area (Å²) in [7, 11) is 0. The summed E-state index contributed by atoms with van der Waals surface area (Å²) < 4.78 is 0. The van der Waals surface area contributed by atoms with E-state index in [0.29, 0.717) is 11.1 Å². The second kappa shape index (κ2) is 4.19. The molecule has 0 aromatic heterocycles. The van der Waals surface area contributed by atoms with Gasteiger partial charge in [-0.3, -0.25) is 9.59 Å². The van der Waals surface area contributed by atoms with Crippen molar-refractivity contribution in [2.24, 2.45) is 0 Å². The molecule has 0 amide bonds. The number of allylic oxidation sites excluding steroid dienone is 4. The van der Waals surface area contributed by atoms with Crippen LogP contribution in [0.25, 0.3) is 0 Å². The molecule has 0 aromatic rings. The Labute approximate surface area is 95.3 Å². The van der Waals surface area contributed by atoms with Crippen molar-refractivity contribution in [2.45, 2.75) is 13.8 Å². The third kappa shape index (κ3) is 2.26. The Morgan fingerprint density at radius 1 is 0.909 bits per heavy atom.